The van der Waals surface area contributed by atoms with Crippen LogP contribution in [-0.2, 0) is 0 Å². The third-order valence-corrected chi connectivity index (χ3v) is 3.73. The fraction of sp³-hybridized carbons (Fsp3) is 0.647. The molecule has 0 aliphatic heterocycles. The Morgan fingerprint density at radius 3 is 2.55 bits per heavy atom. The van der Waals surface area contributed by atoms with Crippen molar-refractivity contribution in [1.29, 1.82) is 0 Å². The maximum absolute atomic E-state index is 8.83. The summed E-state index contributed by atoms with van der Waals surface area (Å²) in [6.45, 7) is 6.72. The van der Waals surface area contributed by atoms with Gasteiger partial charge in [-0.05, 0) is 43.9 Å². The number of anilines is 1. The van der Waals surface area contributed by atoms with E-state index >= 15 is 0 Å². The van der Waals surface area contributed by atoms with Crippen LogP contribution in [0, 0.1) is 0 Å². The number of rotatable bonds is 10. The number of unbranched alkanes of at least 4 members (excludes halogenated alkanes) is 2. The van der Waals surface area contributed by atoms with Gasteiger partial charge in [0.05, 0.1) is 0 Å². The first-order valence-electron chi connectivity index (χ1n) is 7.88. The molecule has 0 heterocycles. The van der Waals surface area contributed by atoms with Gasteiger partial charge in [-0.15, -0.1) is 0 Å². The van der Waals surface area contributed by atoms with Crippen molar-refractivity contribution in [3.05, 3.63) is 29.8 Å². The molecule has 114 valence electrons. The van der Waals surface area contributed by atoms with Crippen LogP contribution in [0.5, 0.6) is 0 Å². The molecule has 0 bridgehead atoms. The number of benzene rings is 1. The summed E-state index contributed by atoms with van der Waals surface area (Å²) in [5.74, 6) is 0. The Morgan fingerprint density at radius 1 is 1.15 bits per heavy atom. The number of hydrogen-bond acceptors (Lipinski definition) is 3. The molecule has 0 fully saturated rings. The molecule has 0 radical (unpaired) electrons. The van der Waals surface area contributed by atoms with E-state index < -0.39 is 0 Å². The standard InChI is InChI=1S/C17H30N2O/c1-4-16(18-5-2)15-11-7-8-12-17(15)19(3)13-9-6-10-14-20/h7-8,11-12,16,18,20H,4-6,9-10,13-14H2,1-3H3. The second-order valence-electron chi connectivity index (χ2n) is 5.28. The van der Waals surface area contributed by atoms with Gasteiger partial charge in [-0.3, -0.25) is 0 Å². The minimum absolute atomic E-state index is 0.304. The first kappa shape index (κ1) is 17.0. The zero-order chi connectivity index (χ0) is 14.8. The van der Waals surface area contributed by atoms with Crippen LogP contribution in [0.15, 0.2) is 24.3 Å². The number of para-hydroxylation sites is 1. The second-order valence-corrected chi connectivity index (χ2v) is 5.28. The summed E-state index contributed by atoms with van der Waals surface area (Å²) < 4.78 is 0. The molecule has 0 saturated carbocycles. The molecule has 0 aromatic heterocycles. The van der Waals surface area contributed by atoms with E-state index in [-0.39, 0.29) is 0 Å². The number of aliphatic hydroxyl groups excluding tert-OH is 1. The van der Waals surface area contributed by atoms with Crippen LogP contribution < -0.4 is 10.2 Å². The smallest absolute Gasteiger partial charge is 0.0431 e. The van der Waals surface area contributed by atoms with Gasteiger partial charge < -0.3 is 15.3 Å². The van der Waals surface area contributed by atoms with Crippen molar-refractivity contribution in [2.45, 2.75) is 45.6 Å². The second kappa shape index (κ2) is 9.78. The van der Waals surface area contributed by atoms with Gasteiger partial charge in [0.15, 0.2) is 0 Å². The van der Waals surface area contributed by atoms with Gasteiger partial charge in [0, 0.05) is 31.9 Å². The SMILES string of the molecule is CCNC(CC)c1ccccc1N(C)CCCCCO. The normalized spacial score (nSPS) is 12.4. The predicted octanol–water partition coefficient (Wildman–Crippen LogP) is 3.35. The molecule has 0 aliphatic rings. The van der Waals surface area contributed by atoms with Crippen molar-refractivity contribution in [1.82, 2.24) is 5.32 Å². The number of nitrogens with zero attached hydrogens (tertiary/aromatic N) is 1. The lowest BCUT2D eigenvalue weighted by atomic mass is 10.0. The van der Waals surface area contributed by atoms with Gasteiger partial charge in [-0.25, -0.2) is 0 Å². The Kier molecular flexibility index (Phi) is 8.31. The van der Waals surface area contributed by atoms with Gasteiger partial charge in [0.1, 0.15) is 0 Å². The van der Waals surface area contributed by atoms with E-state index in [0.717, 1.165) is 38.8 Å². The lowest BCUT2D eigenvalue weighted by Crippen LogP contribution is -2.25. The monoisotopic (exact) mass is 278 g/mol. The number of nitrogens with one attached hydrogen (secondary N) is 1. The van der Waals surface area contributed by atoms with Crippen molar-refractivity contribution in [3.63, 3.8) is 0 Å². The van der Waals surface area contributed by atoms with Crippen molar-refractivity contribution < 1.29 is 5.11 Å². The average Bonchev–Trinajstić information content (AvgIpc) is 2.49. The summed E-state index contributed by atoms with van der Waals surface area (Å²) in [7, 11) is 2.16. The number of aliphatic hydroxyl groups is 1. The van der Waals surface area contributed by atoms with Gasteiger partial charge in [0.25, 0.3) is 0 Å². The quantitative estimate of drug-likeness (QED) is 0.644. The van der Waals surface area contributed by atoms with E-state index in [4.69, 9.17) is 5.11 Å². The Balaban J connectivity index is 2.72. The first-order valence-corrected chi connectivity index (χ1v) is 7.88. The highest BCUT2D eigenvalue weighted by Crippen LogP contribution is 2.27. The van der Waals surface area contributed by atoms with Gasteiger partial charge in [0.2, 0.25) is 0 Å². The Labute approximate surface area is 124 Å². The van der Waals surface area contributed by atoms with Crippen LogP contribution in [0.1, 0.15) is 51.1 Å². The molecule has 1 aromatic carbocycles. The summed E-state index contributed by atoms with van der Waals surface area (Å²) in [5, 5.41) is 12.4. The Bertz CT molecular complexity index is 368. The minimum Gasteiger partial charge on any atom is -0.396 e. The molecule has 0 saturated heterocycles. The maximum Gasteiger partial charge on any atom is 0.0431 e. The topological polar surface area (TPSA) is 35.5 Å². The van der Waals surface area contributed by atoms with Crippen LogP contribution in [0.25, 0.3) is 0 Å². The van der Waals surface area contributed by atoms with Gasteiger partial charge in [-0.1, -0.05) is 32.0 Å². The van der Waals surface area contributed by atoms with Crippen LogP contribution in [0.4, 0.5) is 5.69 Å². The van der Waals surface area contributed by atoms with E-state index in [1.807, 2.05) is 0 Å². The van der Waals surface area contributed by atoms with E-state index in [0.29, 0.717) is 12.6 Å². The fourth-order valence-corrected chi connectivity index (χ4v) is 2.61. The predicted molar refractivity (Wildman–Crippen MR) is 87.4 cm³/mol. The summed E-state index contributed by atoms with van der Waals surface area (Å²) >= 11 is 0. The highest BCUT2D eigenvalue weighted by Gasteiger charge is 2.14. The third-order valence-electron chi connectivity index (χ3n) is 3.73. The van der Waals surface area contributed by atoms with Gasteiger partial charge in [-0.2, -0.15) is 0 Å². The molecule has 1 atom stereocenters. The van der Waals surface area contributed by atoms with Crippen LogP contribution in [-0.4, -0.2) is 31.9 Å². The first-order chi connectivity index (χ1) is 9.74. The highest BCUT2D eigenvalue weighted by atomic mass is 16.2. The van der Waals surface area contributed by atoms with E-state index in [1.54, 1.807) is 0 Å². The summed E-state index contributed by atoms with van der Waals surface area (Å²) in [6.07, 6.45) is 4.23. The summed E-state index contributed by atoms with van der Waals surface area (Å²) in [4.78, 5) is 2.34. The van der Waals surface area contributed by atoms with Crippen molar-refractivity contribution in [2.24, 2.45) is 0 Å². The molecule has 1 unspecified atom stereocenters. The van der Waals surface area contributed by atoms with E-state index in [1.165, 1.54) is 11.3 Å². The van der Waals surface area contributed by atoms with Crippen LogP contribution >= 0.6 is 0 Å². The van der Waals surface area contributed by atoms with Crippen molar-refractivity contribution in [3.8, 4) is 0 Å². The molecule has 3 nitrogen and oxygen atoms in total. The highest BCUT2D eigenvalue weighted by molar-refractivity contribution is 5.54. The zero-order valence-electron chi connectivity index (χ0n) is 13.2. The van der Waals surface area contributed by atoms with E-state index in [2.05, 4.69) is 55.4 Å². The molecule has 0 spiro atoms. The molecule has 20 heavy (non-hydrogen) atoms. The molecule has 3 heteroatoms. The van der Waals surface area contributed by atoms with Crippen LogP contribution in [0.2, 0.25) is 0 Å². The van der Waals surface area contributed by atoms with Crippen LogP contribution in [0.3, 0.4) is 0 Å². The van der Waals surface area contributed by atoms with Gasteiger partial charge >= 0.3 is 0 Å². The molecule has 0 amide bonds. The Hall–Kier alpha value is -1.06. The lowest BCUT2D eigenvalue weighted by Gasteiger charge is -2.26. The lowest BCUT2D eigenvalue weighted by molar-refractivity contribution is 0.283. The molecular weight excluding hydrogens is 248 g/mol. The fourth-order valence-electron chi connectivity index (χ4n) is 2.61. The summed E-state index contributed by atoms with van der Waals surface area (Å²) in [5.41, 5.74) is 2.71. The summed E-state index contributed by atoms with van der Waals surface area (Å²) in [6, 6.07) is 9.11. The Morgan fingerprint density at radius 2 is 1.90 bits per heavy atom. The third kappa shape index (κ3) is 5.14. The molecular formula is C17H30N2O. The largest absolute Gasteiger partial charge is 0.396 e. The van der Waals surface area contributed by atoms with Crippen molar-refractivity contribution >= 4 is 5.69 Å². The zero-order valence-corrected chi connectivity index (χ0v) is 13.2. The molecule has 0 aliphatic carbocycles. The number of hydrogen-bond donors (Lipinski definition) is 2. The molecule has 1 aromatic rings. The van der Waals surface area contributed by atoms with Crippen molar-refractivity contribution in [2.75, 3.05) is 31.6 Å². The van der Waals surface area contributed by atoms with E-state index in [9.17, 15) is 0 Å². The molecule has 1 rings (SSSR count). The minimum atomic E-state index is 0.304. The molecule has 2 N–H and O–H groups in total. The maximum atomic E-state index is 8.83. The average molecular weight is 278 g/mol.